The Kier molecular flexibility index (Phi) is 2.83. The molecule has 0 amide bonds. The second-order valence-electron chi connectivity index (χ2n) is 3.52. The van der Waals surface area contributed by atoms with Gasteiger partial charge < -0.3 is 5.73 Å². The highest BCUT2D eigenvalue weighted by Gasteiger charge is 2.24. The summed E-state index contributed by atoms with van der Waals surface area (Å²) < 4.78 is 0. The average molecular weight is 251 g/mol. The largest absolute Gasteiger partial charge is 0.380 e. The first-order valence-corrected chi connectivity index (χ1v) is 5.20. The molecule has 0 spiro atoms. The number of amidine groups is 2. The van der Waals surface area contributed by atoms with Crippen LogP contribution in [-0.2, 0) is 0 Å². The maximum atomic E-state index is 7.66. The van der Waals surface area contributed by atoms with E-state index in [1.54, 1.807) is 18.2 Å². The van der Waals surface area contributed by atoms with Crippen LogP contribution in [0.1, 0.15) is 5.56 Å². The molecule has 5 N–H and O–H groups in total. The van der Waals surface area contributed by atoms with Crippen LogP contribution in [0.3, 0.4) is 0 Å². The Labute approximate surface area is 103 Å². The van der Waals surface area contributed by atoms with E-state index in [0.717, 1.165) is 10.7 Å². The van der Waals surface area contributed by atoms with Gasteiger partial charge in [-0.2, -0.15) is 5.12 Å². The Morgan fingerprint density at radius 3 is 2.76 bits per heavy atom. The number of nitrogens with zero attached hydrogens (tertiary/aromatic N) is 3. The lowest BCUT2D eigenvalue weighted by atomic mass is 10.2. The summed E-state index contributed by atoms with van der Waals surface area (Å²) in [5.74, 6) is 5.50. The van der Waals surface area contributed by atoms with Gasteiger partial charge in [-0.15, -0.1) is 5.10 Å². The van der Waals surface area contributed by atoms with Gasteiger partial charge in [-0.1, -0.05) is 17.7 Å². The number of nitrogens with two attached hydrogens (primary N) is 2. The smallest absolute Gasteiger partial charge is 0.188 e. The molecule has 88 valence electrons. The molecular weight excluding hydrogens is 240 g/mol. The third kappa shape index (κ3) is 2.00. The second-order valence-corrected chi connectivity index (χ2v) is 3.93. The molecule has 1 aliphatic rings. The number of aliphatic imine (C=N–C) groups is 1. The number of rotatable bonds is 1. The minimum absolute atomic E-state index is 0.0399. The number of hydrogen-bond acceptors (Lipinski definition) is 5. The second kappa shape index (κ2) is 4.15. The third-order valence-corrected chi connectivity index (χ3v) is 2.79. The number of benzene rings is 1. The predicted molar refractivity (Wildman–Crippen MR) is 68.7 cm³/mol. The van der Waals surface area contributed by atoms with Crippen molar-refractivity contribution in [2.24, 2.45) is 21.7 Å². The highest BCUT2D eigenvalue weighted by molar-refractivity contribution is 6.68. The van der Waals surface area contributed by atoms with Crippen molar-refractivity contribution in [3.05, 3.63) is 28.8 Å². The first-order valence-electron chi connectivity index (χ1n) is 4.82. The van der Waals surface area contributed by atoms with Crippen molar-refractivity contribution in [3.8, 4) is 0 Å². The van der Waals surface area contributed by atoms with Crippen LogP contribution in [0.2, 0.25) is 5.02 Å². The van der Waals surface area contributed by atoms with Crippen LogP contribution in [0.15, 0.2) is 28.3 Å². The lowest BCUT2D eigenvalue weighted by molar-refractivity contribution is 0.482. The zero-order valence-electron chi connectivity index (χ0n) is 9.11. The average Bonchev–Trinajstić information content (AvgIpc) is 2.51. The van der Waals surface area contributed by atoms with Gasteiger partial charge in [-0.25, -0.2) is 10.8 Å². The number of halogens is 1. The van der Waals surface area contributed by atoms with Crippen molar-refractivity contribution in [3.63, 3.8) is 0 Å². The van der Waals surface area contributed by atoms with E-state index < -0.39 is 0 Å². The summed E-state index contributed by atoms with van der Waals surface area (Å²) in [5.41, 5.74) is 7.33. The number of nitrogens with one attached hydrogen (secondary N) is 1. The van der Waals surface area contributed by atoms with Crippen LogP contribution in [0.5, 0.6) is 0 Å². The Morgan fingerprint density at radius 1 is 1.47 bits per heavy atom. The highest BCUT2D eigenvalue weighted by Crippen LogP contribution is 2.26. The molecule has 0 unspecified atom stereocenters. The van der Waals surface area contributed by atoms with E-state index in [2.05, 4.69) is 10.1 Å². The van der Waals surface area contributed by atoms with E-state index in [1.807, 2.05) is 6.92 Å². The summed E-state index contributed by atoms with van der Waals surface area (Å²) in [6.45, 7) is 1.84. The monoisotopic (exact) mass is 250 g/mol. The molecule has 1 aliphatic heterocycles. The summed E-state index contributed by atoms with van der Waals surface area (Å²) in [4.78, 5) is 4.26. The van der Waals surface area contributed by atoms with Crippen LogP contribution >= 0.6 is 11.6 Å². The summed E-state index contributed by atoms with van der Waals surface area (Å²) in [7, 11) is 0. The zero-order chi connectivity index (χ0) is 12.6. The first kappa shape index (κ1) is 11.6. The lowest BCUT2D eigenvalue weighted by Crippen LogP contribution is -2.33. The van der Waals surface area contributed by atoms with Gasteiger partial charge in [0.25, 0.3) is 0 Å². The minimum atomic E-state index is -0.0399. The van der Waals surface area contributed by atoms with E-state index in [4.69, 9.17) is 28.6 Å². The van der Waals surface area contributed by atoms with Crippen molar-refractivity contribution < 1.29 is 0 Å². The molecular formula is C10H11ClN6. The molecule has 0 bridgehead atoms. The van der Waals surface area contributed by atoms with Crippen LogP contribution in [0, 0.1) is 12.3 Å². The van der Waals surface area contributed by atoms with E-state index >= 15 is 0 Å². The third-order valence-electron chi connectivity index (χ3n) is 2.38. The standard InChI is InChI=1S/C10H11ClN6/c1-5-6(11)3-2-4-7(5)15-8-9(12)16-17(14)10(8)13/h2-4,13H,14H2,1H3,(H2,12,16). The molecule has 0 radical (unpaired) electrons. The molecule has 1 aromatic rings. The van der Waals surface area contributed by atoms with Crippen LogP contribution in [0.25, 0.3) is 0 Å². The van der Waals surface area contributed by atoms with E-state index in [0.29, 0.717) is 10.7 Å². The molecule has 0 aromatic heterocycles. The predicted octanol–water partition coefficient (Wildman–Crippen LogP) is 1.16. The van der Waals surface area contributed by atoms with Crippen molar-refractivity contribution in [1.29, 1.82) is 5.41 Å². The summed E-state index contributed by atoms with van der Waals surface area (Å²) in [5, 5.41) is 12.9. The van der Waals surface area contributed by atoms with Crippen molar-refractivity contribution in [1.82, 2.24) is 5.12 Å². The fourth-order valence-electron chi connectivity index (χ4n) is 1.39. The van der Waals surface area contributed by atoms with Gasteiger partial charge in [0.05, 0.1) is 5.69 Å². The molecule has 1 aromatic carbocycles. The quantitative estimate of drug-likeness (QED) is 0.652. The number of hydrogen-bond donors (Lipinski definition) is 3. The van der Waals surface area contributed by atoms with Gasteiger partial charge in [0.1, 0.15) is 0 Å². The van der Waals surface area contributed by atoms with Gasteiger partial charge in [-0.05, 0) is 24.6 Å². The molecule has 0 atom stereocenters. The zero-order valence-corrected chi connectivity index (χ0v) is 9.86. The molecule has 17 heavy (non-hydrogen) atoms. The Bertz CT molecular complexity index is 548. The van der Waals surface area contributed by atoms with E-state index in [-0.39, 0.29) is 17.4 Å². The number of hydrazone groups is 1. The minimum Gasteiger partial charge on any atom is -0.380 e. The van der Waals surface area contributed by atoms with Crippen LogP contribution < -0.4 is 11.6 Å². The fourth-order valence-corrected chi connectivity index (χ4v) is 1.56. The molecule has 7 heteroatoms. The Balaban J connectivity index is 2.47. The first-order chi connectivity index (χ1) is 8.00. The Morgan fingerprint density at radius 2 is 2.18 bits per heavy atom. The molecule has 0 aliphatic carbocycles. The van der Waals surface area contributed by atoms with Gasteiger partial charge in [-0.3, -0.25) is 5.41 Å². The van der Waals surface area contributed by atoms with Crippen LogP contribution in [-0.4, -0.2) is 22.5 Å². The molecule has 0 saturated heterocycles. The van der Waals surface area contributed by atoms with Gasteiger partial charge in [0.2, 0.25) is 0 Å². The molecule has 0 saturated carbocycles. The Hall–Kier alpha value is -1.92. The SMILES string of the molecule is Cc1c(Cl)cccc1N=C1C(=N)N(N)N=C1N. The summed E-state index contributed by atoms with van der Waals surface area (Å²) in [6.07, 6.45) is 0. The van der Waals surface area contributed by atoms with E-state index in [1.165, 1.54) is 0 Å². The normalized spacial score (nSPS) is 17.8. The van der Waals surface area contributed by atoms with Crippen molar-refractivity contribution in [2.75, 3.05) is 0 Å². The highest BCUT2D eigenvalue weighted by atomic mass is 35.5. The maximum absolute atomic E-state index is 7.66. The summed E-state index contributed by atoms with van der Waals surface area (Å²) in [6, 6.07) is 5.34. The van der Waals surface area contributed by atoms with E-state index in [9.17, 15) is 0 Å². The van der Waals surface area contributed by atoms with Gasteiger partial charge in [0, 0.05) is 5.02 Å². The van der Waals surface area contributed by atoms with Crippen molar-refractivity contribution in [2.45, 2.75) is 6.92 Å². The molecule has 1 heterocycles. The van der Waals surface area contributed by atoms with Gasteiger partial charge in [0.15, 0.2) is 17.4 Å². The molecule has 6 nitrogen and oxygen atoms in total. The molecule has 2 rings (SSSR count). The number of hydrazine groups is 1. The fraction of sp³-hybridized carbons (Fsp3) is 0.100. The van der Waals surface area contributed by atoms with Crippen molar-refractivity contribution >= 4 is 34.7 Å². The lowest BCUT2D eigenvalue weighted by Gasteiger charge is -2.05. The summed E-state index contributed by atoms with van der Waals surface area (Å²) >= 11 is 5.98. The topological polar surface area (TPSA) is 104 Å². The van der Waals surface area contributed by atoms with Crippen LogP contribution in [0.4, 0.5) is 5.69 Å². The molecule has 0 fully saturated rings. The maximum Gasteiger partial charge on any atom is 0.188 e. The van der Waals surface area contributed by atoms with Gasteiger partial charge >= 0.3 is 0 Å².